The van der Waals surface area contributed by atoms with Crippen LogP contribution in [0.15, 0.2) is 52.4 Å². The molecule has 0 aliphatic heterocycles. The zero-order chi connectivity index (χ0) is 13.8. The molecule has 0 amide bonds. The molecule has 0 saturated heterocycles. The Balaban J connectivity index is 3.11. The van der Waals surface area contributed by atoms with E-state index in [-0.39, 0.29) is 27.9 Å². The second-order valence-electron chi connectivity index (χ2n) is 4.13. The van der Waals surface area contributed by atoms with Crippen LogP contribution < -0.4 is 0 Å². The minimum absolute atomic E-state index is 0.0500. The summed E-state index contributed by atoms with van der Waals surface area (Å²) in [6, 6.07) is 8.09. The lowest BCUT2D eigenvalue weighted by molar-refractivity contribution is -0.120. The summed E-state index contributed by atoms with van der Waals surface area (Å²) in [5.41, 5.74) is 2.45. The van der Waals surface area contributed by atoms with E-state index in [9.17, 15) is 13.2 Å². The van der Waals surface area contributed by atoms with Gasteiger partial charge in [0.25, 0.3) is 0 Å². The van der Waals surface area contributed by atoms with Gasteiger partial charge in [0.2, 0.25) is 9.84 Å². The van der Waals surface area contributed by atoms with Crippen LogP contribution in [0.1, 0.15) is 20.3 Å². The number of allylic oxidation sites excluding steroid dienone is 1. The molecule has 0 aliphatic rings. The van der Waals surface area contributed by atoms with Crippen molar-refractivity contribution < 1.29 is 13.2 Å². The standard InChI is InChI=1S/C14H16O3S/c1-4-13(10-11(2)12(3)15)18(16,17)14-8-6-5-7-9-14/h5-9,11H,1,10H2,2-3H3. The van der Waals surface area contributed by atoms with E-state index >= 15 is 0 Å². The average molecular weight is 264 g/mol. The lowest BCUT2D eigenvalue weighted by Gasteiger charge is -2.10. The minimum atomic E-state index is -3.59. The Kier molecular flexibility index (Phi) is 4.65. The van der Waals surface area contributed by atoms with Gasteiger partial charge in [0.1, 0.15) is 5.78 Å². The van der Waals surface area contributed by atoms with Crippen molar-refractivity contribution in [2.45, 2.75) is 25.2 Å². The molecule has 0 aromatic heterocycles. The van der Waals surface area contributed by atoms with Gasteiger partial charge in [0.15, 0.2) is 0 Å². The lowest BCUT2D eigenvalue weighted by atomic mass is 10.0. The quantitative estimate of drug-likeness (QED) is 0.768. The highest BCUT2D eigenvalue weighted by atomic mass is 32.2. The van der Waals surface area contributed by atoms with Crippen LogP contribution in [0.25, 0.3) is 0 Å². The van der Waals surface area contributed by atoms with E-state index in [2.05, 4.69) is 12.3 Å². The Morgan fingerprint density at radius 2 is 1.89 bits per heavy atom. The van der Waals surface area contributed by atoms with Crippen molar-refractivity contribution >= 4 is 15.6 Å². The van der Waals surface area contributed by atoms with Gasteiger partial charge in [-0.05, 0) is 19.1 Å². The van der Waals surface area contributed by atoms with Crippen molar-refractivity contribution in [2.24, 2.45) is 5.92 Å². The van der Waals surface area contributed by atoms with Crippen molar-refractivity contribution in [3.05, 3.63) is 47.5 Å². The third-order valence-corrected chi connectivity index (χ3v) is 4.61. The van der Waals surface area contributed by atoms with Crippen LogP contribution >= 0.6 is 0 Å². The van der Waals surface area contributed by atoms with E-state index < -0.39 is 9.84 Å². The van der Waals surface area contributed by atoms with E-state index in [1.165, 1.54) is 19.1 Å². The highest BCUT2D eigenvalue weighted by Gasteiger charge is 2.23. The third kappa shape index (κ3) is 3.19. The zero-order valence-electron chi connectivity index (χ0n) is 10.5. The number of sulfone groups is 1. The van der Waals surface area contributed by atoms with Crippen LogP contribution in [0.5, 0.6) is 0 Å². The van der Waals surface area contributed by atoms with E-state index in [0.29, 0.717) is 0 Å². The first-order valence-electron chi connectivity index (χ1n) is 5.59. The molecule has 96 valence electrons. The molecule has 1 atom stereocenters. The maximum Gasteiger partial charge on any atom is 0.210 e. The first-order valence-corrected chi connectivity index (χ1v) is 7.07. The monoisotopic (exact) mass is 264 g/mol. The van der Waals surface area contributed by atoms with E-state index in [1.54, 1.807) is 25.1 Å². The fourth-order valence-electron chi connectivity index (χ4n) is 1.44. The first kappa shape index (κ1) is 14.4. The largest absolute Gasteiger partial charge is 0.300 e. The van der Waals surface area contributed by atoms with Crippen molar-refractivity contribution in [3.63, 3.8) is 0 Å². The van der Waals surface area contributed by atoms with Crippen molar-refractivity contribution in [3.8, 4) is 0 Å². The molecule has 1 aromatic carbocycles. The van der Waals surface area contributed by atoms with Gasteiger partial charge in [-0.2, -0.15) is 0 Å². The normalized spacial score (nSPS) is 12.6. The molecule has 0 N–H and O–H groups in total. The lowest BCUT2D eigenvalue weighted by Crippen LogP contribution is -2.12. The Morgan fingerprint density at radius 1 is 1.33 bits per heavy atom. The molecule has 4 heteroatoms. The smallest absolute Gasteiger partial charge is 0.210 e. The summed E-state index contributed by atoms with van der Waals surface area (Å²) in [7, 11) is -3.59. The van der Waals surface area contributed by atoms with Crippen molar-refractivity contribution in [1.82, 2.24) is 0 Å². The summed E-state index contributed by atoms with van der Waals surface area (Å²) < 4.78 is 24.5. The number of carbonyl (C=O) groups excluding carboxylic acids is 1. The molecule has 0 bridgehead atoms. The second-order valence-corrected chi connectivity index (χ2v) is 6.10. The Labute approximate surface area is 108 Å². The molecular formula is C14H16O3S. The predicted molar refractivity (Wildman–Crippen MR) is 70.7 cm³/mol. The number of benzene rings is 1. The van der Waals surface area contributed by atoms with Crippen molar-refractivity contribution in [2.75, 3.05) is 0 Å². The summed E-state index contributed by atoms with van der Waals surface area (Å²) in [5, 5.41) is 0. The van der Waals surface area contributed by atoms with Crippen LogP contribution in [0.3, 0.4) is 0 Å². The summed E-state index contributed by atoms with van der Waals surface area (Å²) in [6.45, 7) is 6.55. The minimum Gasteiger partial charge on any atom is -0.300 e. The number of ketones is 1. The maximum absolute atomic E-state index is 12.3. The number of carbonyl (C=O) groups is 1. The average Bonchev–Trinajstić information content (AvgIpc) is 2.36. The molecule has 0 fully saturated rings. The van der Waals surface area contributed by atoms with Crippen LogP contribution in [0.4, 0.5) is 0 Å². The van der Waals surface area contributed by atoms with Crippen LogP contribution in [-0.4, -0.2) is 14.2 Å². The Bertz CT molecular complexity index is 579. The van der Waals surface area contributed by atoms with Crippen LogP contribution in [-0.2, 0) is 14.6 Å². The van der Waals surface area contributed by atoms with Gasteiger partial charge in [-0.3, -0.25) is 4.79 Å². The molecule has 0 saturated carbocycles. The third-order valence-electron chi connectivity index (χ3n) is 2.76. The molecule has 0 spiro atoms. The van der Waals surface area contributed by atoms with Crippen molar-refractivity contribution in [1.29, 1.82) is 0 Å². The molecule has 1 rings (SSSR count). The fraction of sp³-hybridized carbons (Fsp3) is 0.286. The van der Waals surface area contributed by atoms with Crippen LogP contribution in [0.2, 0.25) is 0 Å². The fourth-order valence-corrected chi connectivity index (χ4v) is 2.90. The Hall–Kier alpha value is -1.64. The number of hydrogen-bond acceptors (Lipinski definition) is 3. The molecule has 0 heterocycles. The predicted octanol–water partition coefficient (Wildman–Crippen LogP) is 2.74. The van der Waals surface area contributed by atoms with Gasteiger partial charge in [-0.1, -0.05) is 31.7 Å². The molecule has 3 nitrogen and oxygen atoms in total. The highest BCUT2D eigenvalue weighted by molar-refractivity contribution is 7.95. The topological polar surface area (TPSA) is 51.2 Å². The summed E-state index contributed by atoms with van der Waals surface area (Å²) in [5.74, 6) is -0.404. The summed E-state index contributed by atoms with van der Waals surface area (Å²) >= 11 is 0. The Morgan fingerprint density at radius 3 is 2.33 bits per heavy atom. The molecule has 1 aromatic rings. The van der Waals surface area contributed by atoms with Gasteiger partial charge in [-0.15, -0.1) is 5.73 Å². The van der Waals surface area contributed by atoms with E-state index in [4.69, 9.17) is 0 Å². The number of hydrogen-bond donors (Lipinski definition) is 0. The summed E-state index contributed by atoms with van der Waals surface area (Å²) in [4.78, 5) is 11.5. The SMILES string of the molecule is C=C=C(CC(C)C(C)=O)S(=O)(=O)c1ccccc1. The molecule has 1 unspecified atom stereocenters. The molecule has 18 heavy (non-hydrogen) atoms. The second kappa shape index (κ2) is 5.80. The van der Waals surface area contributed by atoms with Gasteiger partial charge in [0, 0.05) is 12.3 Å². The zero-order valence-corrected chi connectivity index (χ0v) is 11.3. The molecule has 0 radical (unpaired) electrons. The highest BCUT2D eigenvalue weighted by Crippen LogP contribution is 2.24. The summed E-state index contributed by atoms with van der Waals surface area (Å²) in [6.07, 6.45) is 0.135. The maximum atomic E-state index is 12.3. The van der Waals surface area contributed by atoms with E-state index in [1.807, 2.05) is 0 Å². The van der Waals surface area contributed by atoms with Gasteiger partial charge >= 0.3 is 0 Å². The molecule has 0 aliphatic carbocycles. The van der Waals surface area contributed by atoms with Crippen LogP contribution in [0, 0.1) is 5.92 Å². The number of Topliss-reactive ketones (excluding diaryl/α,β-unsaturated/α-hetero) is 1. The van der Waals surface area contributed by atoms with Gasteiger partial charge in [0.05, 0.1) is 9.80 Å². The van der Waals surface area contributed by atoms with Gasteiger partial charge in [-0.25, -0.2) is 8.42 Å². The number of rotatable bonds is 5. The van der Waals surface area contributed by atoms with E-state index in [0.717, 1.165) is 0 Å². The first-order chi connectivity index (χ1) is 8.39. The molecular weight excluding hydrogens is 248 g/mol. The van der Waals surface area contributed by atoms with Gasteiger partial charge < -0.3 is 0 Å².